The minimum Gasteiger partial charge on any atom is -0.480 e. The molecule has 22 heavy (non-hydrogen) atoms. The van der Waals surface area contributed by atoms with E-state index in [1.165, 1.54) is 16.8 Å². The van der Waals surface area contributed by atoms with Gasteiger partial charge in [0.05, 0.1) is 0 Å². The monoisotopic (exact) mass is 333 g/mol. The predicted molar refractivity (Wildman–Crippen MR) is 88.3 cm³/mol. The zero-order valence-electron chi connectivity index (χ0n) is 12.0. The van der Waals surface area contributed by atoms with Crippen LogP contribution in [0.15, 0.2) is 35.2 Å². The van der Waals surface area contributed by atoms with Crippen molar-refractivity contribution in [3.63, 3.8) is 0 Å². The number of hydrogen-bond acceptors (Lipinski definition) is 5. The maximum atomic E-state index is 11.3. The van der Waals surface area contributed by atoms with Gasteiger partial charge in [-0.05, 0) is 30.0 Å². The molecule has 1 unspecified atom stereocenters. The van der Waals surface area contributed by atoms with E-state index in [9.17, 15) is 14.7 Å². The molecule has 0 saturated heterocycles. The summed E-state index contributed by atoms with van der Waals surface area (Å²) in [7, 11) is 0. The fourth-order valence-corrected chi connectivity index (χ4v) is 5.05. The number of fused-ring (bicyclic) bond motifs is 1. The van der Waals surface area contributed by atoms with Crippen LogP contribution in [0.5, 0.6) is 0 Å². The van der Waals surface area contributed by atoms with Gasteiger partial charge in [-0.2, -0.15) is 0 Å². The van der Waals surface area contributed by atoms with Crippen LogP contribution in [0, 0.1) is 0 Å². The lowest BCUT2D eigenvalue weighted by atomic mass is 10.1. The molecule has 3 rings (SSSR count). The molecule has 0 fully saturated rings. The van der Waals surface area contributed by atoms with Crippen molar-refractivity contribution in [2.75, 3.05) is 0 Å². The first-order chi connectivity index (χ1) is 10.6. The number of carbonyl (C=O) groups excluding carboxylic acids is 1. The van der Waals surface area contributed by atoms with Crippen LogP contribution in [0.1, 0.15) is 28.6 Å². The number of carboxylic acid groups (broad SMARTS) is 1. The molecule has 1 aliphatic rings. The van der Waals surface area contributed by atoms with Gasteiger partial charge in [-0.1, -0.05) is 31.2 Å². The largest absolute Gasteiger partial charge is 0.480 e. The Morgan fingerprint density at radius 1 is 1.41 bits per heavy atom. The highest BCUT2D eigenvalue weighted by atomic mass is 32.2. The molecule has 1 aromatic carbocycles. The summed E-state index contributed by atoms with van der Waals surface area (Å²) in [6.07, 6.45) is 1.43. The Hall–Kier alpha value is -1.63. The fraction of sp³-hybridized carbons (Fsp3) is 0.250. The molecular formula is C16H15NO3S2. The Balaban J connectivity index is 1.79. The molecule has 0 spiro atoms. The molecule has 0 saturated carbocycles. The molecule has 1 atom stereocenters. The van der Waals surface area contributed by atoms with Crippen molar-refractivity contribution in [3.05, 3.63) is 40.8 Å². The summed E-state index contributed by atoms with van der Waals surface area (Å²) in [4.78, 5) is 25.5. The predicted octanol–water partition coefficient (Wildman–Crippen LogP) is 3.91. The van der Waals surface area contributed by atoms with Gasteiger partial charge < -0.3 is 5.11 Å². The lowest BCUT2D eigenvalue weighted by Gasteiger charge is -2.20. The van der Waals surface area contributed by atoms with Crippen LogP contribution < -0.4 is 0 Å². The van der Waals surface area contributed by atoms with Crippen molar-refractivity contribution in [1.29, 1.82) is 0 Å². The summed E-state index contributed by atoms with van der Waals surface area (Å²) in [5.41, 5.74) is 1.75. The van der Waals surface area contributed by atoms with Crippen LogP contribution in [-0.4, -0.2) is 27.7 Å². The fourth-order valence-electron chi connectivity index (χ4n) is 2.44. The third-order valence-corrected chi connectivity index (χ3v) is 6.11. The molecule has 6 heteroatoms. The lowest BCUT2D eigenvalue weighted by Crippen LogP contribution is -2.33. The van der Waals surface area contributed by atoms with Gasteiger partial charge in [-0.3, -0.25) is 9.59 Å². The Morgan fingerprint density at radius 2 is 2.14 bits per heavy atom. The second kappa shape index (κ2) is 6.24. The van der Waals surface area contributed by atoms with Crippen LogP contribution in [0.2, 0.25) is 0 Å². The van der Waals surface area contributed by atoms with Gasteiger partial charge in [0.1, 0.15) is 12.3 Å². The van der Waals surface area contributed by atoms with Crippen molar-refractivity contribution in [2.45, 2.75) is 30.8 Å². The Bertz CT molecular complexity index is 685. The number of aldehydes is 1. The van der Waals surface area contributed by atoms with E-state index in [0.29, 0.717) is 18.5 Å². The summed E-state index contributed by atoms with van der Waals surface area (Å²) in [6, 6.07) is 9.17. The highest BCUT2D eigenvalue weighted by Crippen LogP contribution is 2.45. The number of rotatable bonds is 5. The SMILES string of the molecule is CCC(C(=O)O)N1Cc2sc(-c3ccc(C=O)cc3)cc2S1. The van der Waals surface area contributed by atoms with E-state index in [1.807, 2.05) is 35.5 Å². The topological polar surface area (TPSA) is 57.6 Å². The van der Waals surface area contributed by atoms with Crippen LogP contribution in [0.25, 0.3) is 10.4 Å². The molecule has 0 aliphatic carbocycles. The molecule has 114 valence electrons. The molecule has 1 aromatic heterocycles. The normalized spacial score (nSPS) is 15.5. The number of benzene rings is 1. The zero-order chi connectivity index (χ0) is 15.7. The maximum Gasteiger partial charge on any atom is 0.321 e. The van der Waals surface area contributed by atoms with Gasteiger partial charge in [0.15, 0.2) is 0 Å². The minimum absolute atomic E-state index is 0.445. The number of hydrogen-bond donors (Lipinski definition) is 1. The second-order valence-corrected chi connectivity index (χ2v) is 7.29. The highest BCUT2D eigenvalue weighted by molar-refractivity contribution is 7.97. The Kier molecular flexibility index (Phi) is 4.33. The molecule has 0 amide bonds. The van der Waals surface area contributed by atoms with Gasteiger partial charge >= 0.3 is 5.97 Å². The second-order valence-electron chi connectivity index (χ2n) is 5.07. The van der Waals surface area contributed by atoms with Crippen LogP contribution >= 0.6 is 23.3 Å². The van der Waals surface area contributed by atoms with Crippen molar-refractivity contribution in [3.8, 4) is 10.4 Å². The molecule has 1 aliphatic heterocycles. The standard InChI is InChI=1S/C16H15NO3S2/c1-2-12(16(19)20)17-8-15-14(22-17)7-13(21-15)11-5-3-10(9-18)4-6-11/h3-7,9,12H,2,8H2,1H3,(H,19,20). The van der Waals surface area contributed by atoms with Crippen molar-refractivity contribution in [2.24, 2.45) is 0 Å². The average molecular weight is 333 g/mol. The van der Waals surface area contributed by atoms with Crippen molar-refractivity contribution >= 4 is 35.5 Å². The van der Waals surface area contributed by atoms with E-state index in [1.54, 1.807) is 11.3 Å². The summed E-state index contributed by atoms with van der Waals surface area (Å²) in [6.45, 7) is 2.56. The molecule has 4 nitrogen and oxygen atoms in total. The minimum atomic E-state index is -0.769. The molecule has 2 heterocycles. The first-order valence-electron chi connectivity index (χ1n) is 6.98. The number of thiophene rings is 1. The summed E-state index contributed by atoms with van der Waals surface area (Å²) >= 11 is 3.22. The molecule has 1 N–H and O–H groups in total. The first kappa shape index (κ1) is 15.3. The van der Waals surface area contributed by atoms with E-state index >= 15 is 0 Å². The number of aliphatic carboxylic acids is 1. The first-order valence-corrected chi connectivity index (χ1v) is 8.57. The summed E-state index contributed by atoms with van der Waals surface area (Å²) in [5, 5.41) is 9.25. The maximum absolute atomic E-state index is 11.3. The lowest BCUT2D eigenvalue weighted by molar-refractivity contribution is -0.141. The van der Waals surface area contributed by atoms with Gasteiger partial charge in [-0.25, -0.2) is 4.31 Å². The van der Waals surface area contributed by atoms with E-state index in [2.05, 4.69) is 6.07 Å². The van der Waals surface area contributed by atoms with E-state index in [-0.39, 0.29) is 0 Å². The van der Waals surface area contributed by atoms with Gasteiger partial charge in [0.2, 0.25) is 0 Å². The summed E-state index contributed by atoms with van der Waals surface area (Å²) in [5.74, 6) is -0.769. The van der Waals surface area contributed by atoms with E-state index in [0.717, 1.165) is 21.6 Å². The third-order valence-electron chi connectivity index (χ3n) is 3.64. The number of nitrogens with zero attached hydrogens (tertiary/aromatic N) is 1. The number of carbonyl (C=O) groups is 2. The summed E-state index contributed by atoms with van der Waals surface area (Å²) < 4.78 is 1.93. The van der Waals surface area contributed by atoms with Crippen LogP contribution in [0.3, 0.4) is 0 Å². The molecule has 0 bridgehead atoms. The third kappa shape index (κ3) is 2.82. The smallest absolute Gasteiger partial charge is 0.321 e. The Morgan fingerprint density at radius 3 is 2.68 bits per heavy atom. The molecule has 2 aromatic rings. The van der Waals surface area contributed by atoms with Gasteiger partial charge in [-0.15, -0.1) is 11.3 Å². The van der Waals surface area contributed by atoms with Gasteiger partial charge in [0.25, 0.3) is 0 Å². The molecule has 0 radical (unpaired) electrons. The molecular weight excluding hydrogens is 318 g/mol. The van der Waals surface area contributed by atoms with Gasteiger partial charge in [0, 0.05) is 26.8 Å². The average Bonchev–Trinajstić information content (AvgIpc) is 3.06. The quantitative estimate of drug-likeness (QED) is 0.664. The van der Waals surface area contributed by atoms with E-state index < -0.39 is 12.0 Å². The van der Waals surface area contributed by atoms with Crippen molar-refractivity contribution in [1.82, 2.24) is 4.31 Å². The Labute approximate surface area is 136 Å². The van der Waals surface area contributed by atoms with Crippen LogP contribution in [-0.2, 0) is 11.3 Å². The zero-order valence-corrected chi connectivity index (χ0v) is 13.6. The van der Waals surface area contributed by atoms with Crippen molar-refractivity contribution < 1.29 is 14.7 Å². The van der Waals surface area contributed by atoms with E-state index in [4.69, 9.17) is 0 Å². The number of carboxylic acids is 1. The van der Waals surface area contributed by atoms with Crippen LogP contribution in [0.4, 0.5) is 0 Å². The highest BCUT2D eigenvalue weighted by Gasteiger charge is 2.32.